The molecule has 18 heavy (non-hydrogen) atoms. The molecule has 104 valence electrons. The summed E-state index contributed by atoms with van der Waals surface area (Å²) in [6, 6.07) is 0.112. The van der Waals surface area contributed by atoms with Crippen molar-refractivity contribution in [3.63, 3.8) is 0 Å². The number of carbonyl (C=O) groups excluding carboxylic acids is 1. The topological polar surface area (TPSA) is 55.1 Å². The van der Waals surface area contributed by atoms with Crippen molar-refractivity contribution in [1.29, 1.82) is 0 Å². The zero-order valence-electron chi connectivity index (χ0n) is 11.4. The largest absolute Gasteiger partial charge is 0.393 e. The molecular weight excluding hydrogens is 244 g/mol. The summed E-state index contributed by atoms with van der Waals surface area (Å²) in [4.78, 5) is 12.5. The fourth-order valence-electron chi connectivity index (χ4n) is 2.66. The van der Waals surface area contributed by atoms with Crippen LogP contribution < -0.4 is 11.1 Å². The summed E-state index contributed by atoms with van der Waals surface area (Å²) < 4.78 is 0. The van der Waals surface area contributed by atoms with Crippen molar-refractivity contribution in [2.75, 3.05) is 0 Å². The van der Waals surface area contributed by atoms with Crippen molar-refractivity contribution >= 4 is 23.1 Å². The fraction of sp³-hybridized carbons (Fsp3) is 0.857. The van der Waals surface area contributed by atoms with E-state index < -0.39 is 0 Å². The average molecular weight is 270 g/mol. The van der Waals surface area contributed by atoms with Gasteiger partial charge in [-0.25, -0.2) is 0 Å². The Morgan fingerprint density at radius 2 is 1.94 bits per heavy atom. The molecule has 1 rings (SSSR count). The third-order valence-corrected chi connectivity index (χ3v) is 3.92. The third kappa shape index (κ3) is 6.34. The molecule has 0 aliphatic heterocycles. The van der Waals surface area contributed by atoms with Gasteiger partial charge in [0.05, 0.1) is 4.99 Å². The minimum absolute atomic E-state index is 0.112. The Bertz CT molecular complexity index is 273. The maximum absolute atomic E-state index is 12.0. The molecule has 0 saturated heterocycles. The smallest absolute Gasteiger partial charge is 0.220 e. The molecule has 0 radical (unpaired) electrons. The van der Waals surface area contributed by atoms with Crippen molar-refractivity contribution < 1.29 is 4.79 Å². The SMILES string of the molecule is CCC(CC(N)=S)NC(=O)CC1CCCCCC1. The Morgan fingerprint density at radius 3 is 2.44 bits per heavy atom. The zero-order chi connectivity index (χ0) is 13.4. The first kappa shape index (κ1) is 15.4. The first-order valence-corrected chi connectivity index (χ1v) is 7.60. The van der Waals surface area contributed by atoms with Crippen molar-refractivity contribution in [3.8, 4) is 0 Å². The maximum Gasteiger partial charge on any atom is 0.220 e. The van der Waals surface area contributed by atoms with Crippen LogP contribution in [0, 0.1) is 5.92 Å². The van der Waals surface area contributed by atoms with Crippen molar-refractivity contribution in [1.82, 2.24) is 5.32 Å². The second-order valence-corrected chi connectivity index (χ2v) is 5.93. The summed E-state index contributed by atoms with van der Waals surface area (Å²) in [5.41, 5.74) is 5.53. The molecule has 3 nitrogen and oxygen atoms in total. The molecule has 0 bridgehead atoms. The molecule has 1 saturated carbocycles. The first-order valence-electron chi connectivity index (χ1n) is 7.19. The molecule has 0 heterocycles. The van der Waals surface area contributed by atoms with Gasteiger partial charge >= 0.3 is 0 Å². The van der Waals surface area contributed by atoms with Gasteiger partial charge in [-0.1, -0.05) is 44.8 Å². The predicted octanol–water partition coefficient (Wildman–Crippen LogP) is 2.92. The molecule has 0 aromatic rings. The second-order valence-electron chi connectivity index (χ2n) is 5.40. The molecule has 1 unspecified atom stereocenters. The van der Waals surface area contributed by atoms with E-state index in [0.717, 1.165) is 6.42 Å². The van der Waals surface area contributed by atoms with Gasteiger partial charge in [0.1, 0.15) is 0 Å². The lowest BCUT2D eigenvalue weighted by molar-refractivity contribution is -0.122. The van der Waals surface area contributed by atoms with Crippen LogP contribution in [-0.2, 0) is 4.79 Å². The summed E-state index contributed by atoms with van der Waals surface area (Å²) >= 11 is 4.90. The van der Waals surface area contributed by atoms with E-state index in [0.29, 0.717) is 23.7 Å². The van der Waals surface area contributed by atoms with Gasteiger partial charge in [-0.05, 0) is 25.2 Å². The van der Waals surface area contributed by atoms with E-state index in [1.165, 1.54) is 38.5 Å². The quantitative estimate of drug-likeness (QED) is 0.576. The van der Waals surface area contributed by atoms with Crippen molar-refractivity contribution in [3.05, 3.63) is 0 Å². The van der Waals surface area contributed by atoms with Gasteiger partial charge < -0.3 is 11.1 Å². The van der Waals surface area contributed by atoms with Gasteiger partial charge in [0.25, 0.3) is 0 Å². The zero-order valence-corrected chi connectivity index (χ0v) is 12.2. The number of amides is 1. The van der Waals surface area contributed by atoms with Crippen LogP contribution in [0.15, 0.2) is 0 Å². The van der Waals surface area contributed by atoms with E-state index in [4.69, 9.17) is 18.0 Å². The number of hydrogen-bond acceptors (Lipinski definition) is 2. The standard InChI is InChI=1S/C14H26N2OS/c1-2-12(10-13(15)18)16-14(17)9-11-7-5-3-4-6-8-11/h11-12H,2-10H2,1H3,(H2,15,18)(H,16,17). The van der Waals surface area contributed by atoms with Crippen LogP contribution in [0.5, 0.6) is 0 Å². The summed E-state index contributed by atoms with van der Waals surface area (Å²) in [7, 11) is 0. The third-order valence-electron chi connectivity index (χ3n) is 3.75. The van der Waals surface area contributed by atoms with E-state index in [2.05, 4.69) is 12.2 Å². The van der Waals surface area contributed by atoms with Gasteiger partial charge in [0.2, 0.25) is 5.91 Å². The van der Waals surface area contributed by atoms with E-state index in [1.807, 2.05) is 0 Å². The first-order chi connectivity index (χ1) is 8.61. The number of hydrogen-bond donors (Lipinski definition) is 2. The van der Waals surface area contributed by atoms with E-state index in [1.54, 1.807) is 0 Å². The van der Waals surface area contributed by atoms with Gasteiger partial charge in [0.15, 0.2) is 0 Å². The van der Waals surface area contributed by atoms with E-state index in [9.17, 15) is 4.79 Å². The highest BCUT2D eigenvalue weighted by atomic mass is 32.1. The minimum atomic E-state index is 0.112. The molecular formula is C14H26N2OS. The Balaban J connectivity index is 2.32. The highest BCUT2D eigenvalue weighted by Crippen LogP contribution is 2.25. The predicted molar refractivity (Wildman–Crippen MR) is 79.4 cm³/mol. The Labute approximate surface area is 116 Å². The fourth-order valence-corrected chi connectivity index (χ4v) is 2.86. The van der Waals surface area contributed by atoms with Crippen molar-refractivity contribution in [2.24, 2.45) is 11.7 Å². The van der Waals surface area contributed by atoms with Crippen LogP contribution in [0.4, 0.5) is 0 Å². The number of nitrogens with one attached hydrogen (secondary N) is 1. The number of thiocarbonyl (C=S) groups is 1. The highest BCUT2D eigenvalue weighted by Gasteiger charge is 2.18. The molecule has 1 amide bonds. The lowest BCUT2D eigenvalue weighted by atomic mass is 9.96. The van der Waals surface area contributed by atoms with Gasteiger partial charge in [0, 0.05) is 18.9 Å². The number of rotatable bonds is 6. The molecule has 0 aromatic carbocycles. The molecule has 1 aliphatic carbocycles. The minimum Gasteiger partial charge on any atom is -0.393 e. The van der Waals surface area contributed by atoms with Crippen LogP contribution in [0.2, 0.25) is 0 Å². The normalized spacial score (nSPS) is 18.9. The van der Waals surface area contributed by atoms with Crippen LogP contribution in [0.3, 0.4) is 0 Å². The van der Waals surface area contributed by atoms with Gasteiger partial charge in [-0.2, -0.15) is 0 Å². The van der Waals surface area contributed by atoms with Crippen molar-refractivity contribution in [2.45, 2.75) is 70.8 Å². The monoisotopic (exact) mass is 270 g/mol. The Morgan fingerprint density at radius 1 is 1.33 bits per heavy atom. The lowest BCUT2D eigenvalue weighted by Crippen LogP contribution is -2.37. The van der Waals surface area contributed by atoms with E-state index in [-0.39, 0.29) is 11.9 Å². The molecule has 4 heteroatoms. The summed E-state index contributed by atoms with van der Waals surface area (Å²) in [5, 5.41) is 3.06. The Kier molecular flexibility index (Phi) is 7.25. The van der Waals surface area contributed by atoms with Gasteiger partial charge in [-0.15, -0.1) is 0 Å². The molecule has 1 aliphatic rings. The van der Waals surface area contributed by atoms with Crippen LogP contribution >= 0.6 is 12.2 Å². The average Bonchev–Trinajstić information content (AvgIpc) is 2.56. The molecule has 0 spiro atoms. The number of nitrogens with two attached hydrogens (primary N) is 1. The maximum atomic E-state index is 12.0. The summed E-state index contributed by atoms with van der Waals surface area (Å²) in [6.45, 7) is 2.05. The molecule has 1 atom stereocenters. The summed E-state index contributed by atoms with van der Waals surface area (Å²) in [5.74, 6) is 0.750. The van der Waals surface area contributed by atoms with Crippen LogP contribution in [0.1, 0.15) is 64.7 Å². The molecule has 1 fully saturated rings. The summed E-state index contributed by atoms with van der Waals surface area (Å²) in [6.07, 6.45) is 9.81. The van der Waals surface area contributed by atoms with Gasteiger partial charge in [-0.3, -0.25) is 4.79 Å². The molecule has 0 aromatic heterocycles. The highest BCUT2D eigenvalue weighted by molar-refractivity contribution is 7.80. The Hall–Kier alpha value is -0.640. The lowest BCUT2D eigenvalue weighted by Gasteiger charge is -2.19. The van der Waals surface area contributed by atoms with E-state index >= 15 is 0 Å². The second kappa shape index (κ2) is 8.46. The van der Waals surface area contributed by atoms with Crippen LogP contribution in [-0.4, -0.2) is 16.9 Å². The van der Waals surface area contributed by atoms with Crippen LogP contribution in [0.25, 0.3) is 0 Å². The molecule has 3 N–H and O–H groups in total. The number of carbonyl (C=O) groups is 1.